The molecular formula is C13H12N6O. The summed E-state index contributed by atoms with van der Waals surface area (Å²) in [6.07, 6.45) is 3.30. The van der Waals surface area contributed by atoms with Crippen molar-refractivity contribution in [1.29, 1.82) is 0 Å². The maximum atomic E-state index is 12.0. The highest BCUT2D eigenvalue weighted by Crippen LogP contribution is 2.11. The van der Waals surface area contributed by atoms with Crippen molar-refractivity contribution in [1.82, 2.24) is 19.6 Å². The summed E-state index contributed by atoms with van der Waals surface area (Å²) in [7, 11) is 0. The Hall–Kier alpha value is -2.80. The zero-order chi connectivity index (χ0) is 13.9. The fraction of sp³-hybridized carbons (Fsp3) is 0.0769. The number of nitrogens with zero attached hydrogens (tertiary/aromatic N) is 4. The van der Waals surface area contributed by atoms with E-state index in [9.17, 15) is 4.79 Å². The van der Waals surface area contributed by atoms with Crippen LogP contribution in [0.1, 0.15) is 16.1 Å². The fourth-order valence-corrected chi connectivity index (χ4v) is 1.84. The third-order valence-corrected chi connectivity index (χ3v) is 2.79. The molecule has 0 spiro atoms. The zero-order valence-electron chi connectivity index (χ0n) is 10.5. The van der Waals surface area contributed by atoms with Gasteiger partial charge in [0.15, 0.2) is 5.65 Å². The molecule has 7 nitrogen and oxygen atoms in total. The Morgan fingerprint density at radius 1 is 1.30 bits per heavy atom. The Morgan fingerprint density at radius 2 is 2.20 bits per heavy atom. The van der Waals surface area contributed by atoms with Crippen LogP contribution in [-0.2, 0) is 6.54 Å². The average molecular weight is 268 g/mol. The van der Waals surface area contributed by atoms with Gasteiger partial charge in [-0.25, -0.2) is 4.52 Å². The lowest BCUT2D eigenvalue weighted by Gasteiger charge is -1.98. The molecule has 0 saturated carbocycles. The first-order valence-corrected chi connectivity index (χ1v) is 6.04. The highest BCUT2D eigenvalue weighted by atomic mass is 16.2. The summed E-state index contributed by atoms with van der Waals surface area (Å²) >= 11 is 0. The average Bonchev–Trinajstić information content (AvgIpc) is 2.90. The van der Waals surface area contributed by atoms with E-state index in [0.717, 1.165) is 5.56 Å². The van der Waals surface area contributed by atoms with Crippen LogP contribution >= 0.6 is 0 Å². The highest BCUT2D eigenvalue weighted by molar-refractivity contribution is 6.01. The number of nitrogens with two attached hydrogens (primary N) is 1. The molecule has 0 radical (unpaired) electrons. The van der Waals surface area contributed by atoms with Gasteiger partial charge in [0, 0.05) is 24.5 Å². The van der Waals surface area contributed by atoms with E-state index in [1.807, 2.05) is 12.1 Å². The minimum absolute atomic E-state index is 0.224. The molecule has 3 aromatic heterocycles. The molecule has 0 aliphatic carbocycles. The first-order chi connectivity index (χ1) is 9.78. The van der Waals surface area contributed by atoms with E-state index < -0.39 is 0 Å². The maximum Gasteiger partial charge on any atom is 0.276 e. The lowest BCUT2D eigenvalue weighted by atomic mass is 10.3. The highest BCUT2D eigenvalue weighted by Gasteiger charge is 2.12. The Bertz CT molecular complexity index is 752. The number of carbonyl (C=O) groups is 1. The first kappa shape index (κ1) is 12.2. The minimum Gasteiger partial charge on any atom is -0.326 e. The normalized spacial score (nSPS) is 10.7. The van der Waals surface area contributed by atoms with Gasteiger partial charge in [0.1, 0.15) is 5.69 Å². The quantitative estimate of drug-likeness (QED) is 0.733. The van der Waals surface area contributed by atoms with Crippen molar-refractivity contribution >= 4 is 17.5 Å². The van der Waals surface area contributed by atoms with Crippen LogP contribution in [-0.4, -0.2) is 25.5 Å². The number of aromatic nitrogens is 4. The van der Waals surface area contributed by atoms with Crippen LogP contribution in [0.4, 0.5) is 5.95 Å². The number of fused-ring (bicyclic) bond motifs is 1. The predicted octanol–water partition coefficient (Wildman–Crippen LogP) is 0.835. The van der Waals surface area contributed by atoms with E-state index >= 15 is 0 Å². The lowest BCUT2D eigenvalue weighted by molar-refractivity contribution is 0.102. The third-order valence-electron chi connectivity index (χ3n) is 2.79. The number of hydrogen-bond acceptors (Lipinski definition) is 5. The Labute approximate surface area is 114 Å². The Kier molecular flexibility index (Phi) is 3.10. The molecule has 3 rings (SSSR count). The van der Waals surface area contributed by atoms with E-state index in [0.29, 0.717) is 17.9 Å². The van der Waals surface area contributed by atoms with Crippen molar-refractivity contribution in [2.75, 3.05) is 5.32 Å². The van der Waals surface area contributed by atoms with Gasteiger partial charge in [-0.3, -0.25) is 15.1 Å². The number of carbonyl (C=O) groups excluding carboxylic acids is 1. The molecule has 3 heterocycles. The molecule has 7 heteroatoms. The van der Waals surface area contributed by atoms with Crippen molar-refractivity contribution in [3.05, 3.63) is 54.0 Å². The summed E-state index contributed by atoms with van der Waals surface area (Å²) in [5.74, 6) is -0.127. The van der Waals surface area contributed by atoms with Crippen molar-refractivity contribution in [2.45, 2.75) is 6.54 Å². The number of anilines is 1. The smallest absolute Gasteiger partial charge is 0.276 e. The predicted molar refractivity (Wildman–Crippen MR) is 73.1 cm³/mol. The van der Waals surface area contributed by atoms with E-state index in [4.69, 9.17) is 5.73 Å². The van der Waals surface area contributed by atoms with Crippen LogP contribution in [0.15, 0.2) is 42.7 Å². The molecule has 1 amide bonds. The number of pyridine rings is 2. The summed E-state index contributed by atoms with van der Waals surface area (Å²) in [4.78, 5) is 20.2. The van der Waals surface area contributed by atoms with Crippen LogP contribution in [0.5, 0.6) is 0 Å². The van der Waals surface area contributed by atoms with Crippen LogP contribution < -0.4 is 11.1 Å². The molecule has 0 aliphatic rings. The molecule has 3 aromatic rings. The van der Waals surface area contributed by atoms with Gasteiger partial charge < -0.3 is 5.73 Å². The molecular weight excluding hydrogens is 256 g/mol. The van der Waals surface area contributed by atoms with Crippen molar-refractivity contribution in [3.8, 4) is 0 Å². The van der Waals surface area contributed by atoms with Crippen LogP contribution in [0.25, 0.3) is 5.65 Å². The number of amides is 1. The zero-order valence-corrected chi connectivity index (χ0v) is 10.5. The maximum absolute atomic E-state index is 12.0. The van der Waals surface area contributed by atoms with E-state index in [1.165, 1.54) is 0 Å². The van der Waals surface area contributed by atoms with E-state index in [1.54, 1.807) is 35.1 Å². The summed E-state index contributed by atoms with van der Waals surface area (Å²) in [6.45, 7) is 0.358. The summed E-state index contributed by atoms with van der Waals surface area (Å²) in [6, 6.07) is 8.80. The van der Waals surface area contributed by atoms with Gasteiger partial charge in [-0.1, -0.05) is 12.1 Å². The monoisotopic (exact) mass is 268 g/mol. The second-order valence-corrected chi connectivity index (χ2v) is 4.11. The number of hydrogen-bond donors (Lipinski definition) is 2. The molecule has 0 aromatic carbocycles. The SMILES string of the molecule is NCc1cccn2nc(NC(=O)c3ccccn3)nc12. The van der Waals surface area contributed by atoms with Gasteiger partial charge in [0.25, 0.3) is 5.91 Å². The minimum atomic E-state index is -0.351. The Morgan fingerprint density at radius 3 is 2.95 bits per heavy atom. The molecule has 0 bridgehead atoms. The summed E-state index contributed by atoms with van der Waals surface area (Å²) in [5, 5.41) is 6.79. The van der Waals surface area contributed by atoms with Crippen molar-refractivity contribution in [3.63, 3.8) is 0 Å². The molecule has 100 valence electrons. The van der Waals surface area contributed by atoms with Gasteiger partial charge in [-0.15, -0.1) is 5.10 Å². The van der Waals surface area contributed by atoms with Crippen molar-refractivity contribution < 1.29 is 4.79 Å². The van der Waals surface area contributed by atoms with Crippen LogP contribution in [0.2, 0.25) is 0 Å². The van der Waals surface area contributed by atoms with Gasteiger partial charge >= 0.3 is 0 Å². The van der Waals surface area contributed by atoms with E-state index in [2.05, 4.69) is 20.4 Å². The second kappa shape index (κ2) is 5.06. The standard InChI is InChI=1S/C13H12N6O/c14-8-9-4-3-7-19-11(9)16-13(18-19)17-12(20)10-5-1-2-6-15-10/h1-7H,8,14H2,(H,17,18,20). The first-order valence-electron chi connectivity index (χ1n) is 6.04. The molecule has 0 fully saturated rings. The molecule has 20 heavy (non-hydrogen) atoms. The molecule has 0 aliphatic heterocycles. The van der Waals surface area contributed by atoms with Gasteiger partial charge in [-0.2, -0.15) is 4.98 Å². The largest absolute Gasteiger partial charge is 0.326 e. The Balaban J connectivity index is 1.90. The van der Waals surface area contributed by atoms with Crippen LogP contribution in [0, 0.1) is 0 Å². The summed E-state index contributed by atoms with van der Waals surface area (Å²) < 4.78 is 1.58. The number of rotatable bonds is 3. The second-order valence-electron chi connectivity index (χ2n) is 4.11. The van der Waals surface area contributed by atoms with E-state index in [-0.39, 0.29) is 11.9 Å². The van der Waals surface area contributed by atoms with Gasteiger partial charge in [0.05, 0.1) is 0 Å². The lowest BCUT2D eigenvalue weighted by Crippen LogP contribution is -2.14. The van der Waals surface area contributed by atoms with Gasteiger partial charge in [0.2, 0.25) is 5.95 Å². The fourth-order valence-electron chi connectivity index (χ4n) is 1.84. The van der Waals surface area contributed by atoms with Gasteiger partial charge in [-0.05, 0) is 18.2 Å². The molecule has 3 N–H and O–H groups in total. The molecule has 0 unspecified atom stereocenters. The number of nitrogens with one attached hydrogen (secondary N) is 1. The van der Waals surface area contributed by atoms with Crippen molar-refractivity contribution in [2.24, 2.45) is 5.73 Å². The summed E-state index contributed by atoms with van der Waals surface area (Å²) in [5.41, 5.74) is 7.44. The topological polar surface area (TPSA) is 98.2 Å². The molecule has 0 atom stereocenters. The van der Waals surface area contributed by atoms with Crippen LogP contribution in [0.3, 0.4) is 0 Å². The molecule has 0 saturated heterocycles. The third kappa shape index (κ3) is 2.21.